The minimum absolute atomic E-state index is 0.0728. The molecule has 0 spiro atoms. The molecule has 1 saturated heterocycles. The molecule has 1 aliphatic heterocycles. The van der Waals surface area contributed by atoms with Gasteiger partial charge in [0, 0.05) is 18.8 Å². The van der Waals surface area contributed by atoms with Gasteiger partial charge in [0.1, 0.15) is 0 Å². The Bertz CT molecular complexity index is 708. The number of benzene rings is 2. The number of rotatable bonds is 5. The van der Waals surface area contributed by atoms with Gasteiger partial charge in [-0.05, 0) is 61.6 Å². The summed E-state index contributed by atoms with van der Waals surface area (Å²) in [6.45, 7) is 7.14. The van der Waals surface area contributed by atoms with Crippen LogP contribution in [0.15, 0.2) is 48.5 Å². The van der Waals surface area contributed by atoms with Gasteiger partial charge < -0.3 is 5.32 Å². The van der Waals surface area contributed by atoms with Crippen LogP contribution in [0.5, 0.6) is 0 Å². The number of carbonyl (C=O) groups is 1. The second-order valence-electron chi connectivity index (χ2n) is 7.04. The maximum absolute atomic E-state index is 12.6. The summed E-state index contributed by atoms with van der Waals surface area (Å²) >= 11 is 0. The van der Waals surface area contributed by atoms with Gasteiger partial charge in [-0.25, -0.2) is 0 Å². The topological polar surface area (TPSA) is 32.3 Å². The Balaban J connectivity index is 1.58. The largest absolute Gasteiger partial charge is 0.326 e. The number of anilines is 1. The van der Waals surface area contributed by atoms with Crippen molar-refractivity contribution < 1.29 is 4.79 Å². The fourth-order valence-electron chi connectivity index (χ4n) is 3.51. The van der Waals surface area contributed by atoms with Crippen LogP contribution in [-0.2, 0) is 17.8 Å². The third-order valence-electron chi connectivity index (χ3n) is 5.16. The number of nitrogens with one attached hydrogen (secondary N) is 1. The lowest BCUT2D eigenvalue weighted by Crippen LogP contribution is -2.40. The Morgan fingerprint density at radius 2 is 1.92 bits per heavy atom. The summed E-state index contributed by atoms with van der Waals surface area (Å²) < 4.78 is 0. The summed E-state index contributed by atoms with van der Waals surface area (Å²) in [4.78, 5) is 15.1. The van der Waals surface area contributed by atoms with Crippen LogP contribution in [0.4, 0.5) is 5.69 Å². The van der Waals surface area contributed by atoms with Crippen LogP contribution in [0.1, 0.15) is 36.5 Å². The third kappa shape index (κ3) is 4.70. The van der Waals surface area contributed by atoms with Crippen LogP contribution >= 0.6 is 0 Å². The first-order valence-electron chi connectivity index (χ1n) is 9.32. The van der Waals surface area contributed by atoms with Gasteiger partial charge in [0.05, 0.1) is 5.92 Å². The molecule has 0 saturated carbocycles. The summed E-state index contributed by atoms with van der Waals surface area (Å²) in [7, 11) is 0. The number of nitrogens with zero attached hydrogens (tertiary/aromatic N) is 1. The molecule has 0 bridgehead atoms. The molecule has 1 fully saturated rings. The predicted molar refractivity (Wildman–Crippen MR) is 104 cm³/mol. The first kappa shape index (κ1) is 17.7. The van der Waals surface area contributed by atoms with E-state index in [0.717, 1.165) is 44.6 Å². The molecule has 0 radical (unpaired) electrons. The Kier molecular flexibility index (Phi) is 5.87. The molecular weight excluding hydrogens is 308 g/mol. The predicted octanol–water partition coefficient (Wildman–Crippen LogP) is 4.41. The van der Waals surface area contributed by atoms with Crippen LogP contribution in [0.2, 0.25) is 0 Å². The lowest BCUT2D eigenvalue weighted by molar-refractivity contribution is -0.121. The van der Waals surface area contributed by atoms with Crippen molar-refractivity contribution in [1.82, 2.24) is 4.90 Å². The van der Waals surface area contributed by atoms with E-state index >= 15 is 0 Å². The fourth-order valence-corrected chi connectivity index (χ4v) is 3.51. The van der Waals surface area contributed by atoms with E-state index in [1.165, 1.54) is 16.7 Å². The van der Waals surface area contributed by atoms with E-state index in [2.05, 4.69) is 60.5 Å². The minimum atomic E-state index is 0.0728. The van der Waals surface area contributed by atoms with Crippen LogP contribution < -0.4 is 5.32 Å². The van der Waals surface area contributed by atoms with Gasteiger partial charge in [-0.15, -0.1) is 0 Å². The molecule has 1 atom stereocenters. The quantitative estimate of drug-likeness (QED) is 0.877. The van der Waals surface area contributed by atoms with Crippen molar-refractivity contribution in [2.24, 2.45) is 5.92 Å². The standard InChI is InChI=1S/C22H28N2O/c1-3-18-10-12-21(13-11-18)23-22(25)20-9-6-14-24(16-20)15-19-8-5-4-7-17(19)2/h4-5,7-8,10-13,20H,3,6,9,14-16H2,1-2H3,(H,23,25). The second-order valence-corrected chi connectivity index (χ2v) is 7.04. The molecular formula is C22H28N2O. The zero-order valence-corrected chi connectivity index (χ0v) is 15.3. The maximum atomic E-state index is 12.6. The van der Waals surface area contributed by atoms with Crippen molar-refractivity contribution in [2.75, 3.05) is 18.4 Å². The van der Waals surface area contributed by atoms with Crippen molar-refractivity contribution in [2.45, 2.75) is 39.7 Å². The fraction of sp³-hybridized carbons (Fsp3) is 0.409. The van der Waals surface area contributed by atoms with E-state index in [0.29, 0.717) is 0 Å². The zero-order valence-electron chi connectivity index (χ0n) is 15.3. The van der Waals surface area contributed by atoms with Crippen LogP contribution in [0, 0.1) is 12.8 Å². The molecule has 1 heterocycles. The molecule has 0 aliphatic carbocycles. The van der Waals surface area contributed by atoms with Gasteiger partial charge in [0.15, 0.2) is 0 Å². The second kappa shape index (κ2) is 8.30. The molecule has 25 heavy (non-hydrogen) atoms. The summed E-state index contributed by atoms with van der Waals surface area (Å²) in [5.74, 6) is 0.224. The summed E-state index contributed by atoms with van der Waals surface area (Å²) in [5.41, 5.74) is 4.88. The highest BCUT2D eigenvalue weighted by atomic mass is 16.1. The Hall–Kier alpha value is -2.13. The summed E-state index contributed by atoms with van der Waals surface area (Å²) in [6.07, 6.45) is 3.08. The monoisotopic (exact) mass is 336 g/mol. The van der Waals surface area contributed by atoms with E-state index in [1.54, 1.807) is 0 Å². The molecule has 1 amide bonds. The highest BCUT2D eigenvalue weighted by Gasteiger charge is 2.26. The minimum Gasteiger partial charge on any atom is -0.326 e. The van der Waals surface area contributed by atoms with Crippen LogP contribution in [0.3, 0.4) is 0 Å². The van der Waals surface area contributed by atoms with Gasteiger partial charge in [-0.1, -0.05) is 43.3 Å². The van der Waals surface area contributed by atoms with Crippen molar-refractivity contribution in [3.8, 4) is 0 Å². The van der Waals surface area contributed by atoms with Gasteiger partial charge in [-0.2, -0.15) is 0 Å². The number of amides is 1. The molecule has 1 N–H and O–H groups in total. The molecule has 2 aromatic carbocycles. The molecule has 2 aromatic rings. The smallest absolute Gasteiger partial charge is 0.228 e. The lowest BCUT2D eigenvalue weighted by atomic mass is 9.96. The molecule has 3 heteroatoms. The lowest BCUT2D eigenvalue weighted by Gasteiger charge is -2.32. The average Bonchev–Trinajstić information content (AvgIpc) is 2.64. The van der Waals surface area contributed by atoms with E-state index in [9.17, 15) is 4.79 Å². The molecule has 132 valence electrons. The third-order valence-corrected chi connectivity index (χ3v) is 5.16. The molecule has 1 unspecified atom stereocenters. The number of aryl methyl sites for hydroxylation is 2. The molecule has 3 rings (SSSR count). The van der Waals surface area contributed by atoms with E-state index in [-0.39, 0.29) is 11.8 Å². The normalized spacial score (nSPS) is 18.1. The average molecular weight is 336 g/mol. The van der Waals surface area contributed by atoms with Crippen LogP contribution in [-0.4, -0.2) is 23.9 Å². The van der Waals surface area contributed by atoms with Crippen molar-refractivity contribution in [3.63, 3.8) is 0 Å². The Morgan fingerprint density at radius 3 is 2.64 bits per heavy atom. The molecule has 1 aliphatic rings. The van der Waals surface area contributed by atoms with Gasteiger partial charge in [-0.3, -0.25) is 9.69 Å². The molecule has 0 aromatic heterocycles. The number of likely N-dealkylation sites (tertiary alicyclic amines) is 1. The zero-order chi connectivity index (χ0) is 17.6. The van der Waals surface area contributed by atoms with Crippen molar-refractivity contribution in [3.05, 3.63) is 65.2 Å². The first-order valence-corrected chi connectivity index (χ1v) is 9.32. The number of piperidine rings is 1. The summed E-state index contributed by atoms with van der Waals surface area (Å²) in [6, 6.07) is 16.7. The SMILES string of the molecule is CCc1ccc(NC(=O)C2CCCN(Cc3ccccc3C)C2)cc1. The van der Waals surface area contributed by atoms with Gasteiger partial charge in [0.25, 0.3) is 0 Å². The molecule has 3 nitrogen and oxygen atoms in total. The first-order chi connectivity index (χ1) is 12.2. The Labute approximate surface area is 151 Å². The van der Waals surface area contributed by atoms with E-state index < -0.39 is 0 Å². The number of hydrogen-bond donors (Lipinski definition) is 1. The maximum Gasteiger partial charge on any atom is 0.228 e. The van der Waals surface area contributed by atoms with Gasteiger partial charge >= 0.3 is 0 Å². The van der Waals surface area contributed by atoms with E-state index in [1.807, 2.05) is 12.1 Å². The highest BCUT2D eigenvalue weighted by molar-refractivity contribution is 5.92. The van der Waals surface area contributed by atoms with Crippen molar-refractivity contribution >= 4 is 11.6 Å². The van der Waals surface area contributed by atoms with E-state index in [4.69, 9.17) is 0 Å². The van der Waals surface area contributed by atoms with Crippen molar-refractivity contribution in [1.29, 1.82) is 0 Å². The van der Waals surface area contributed by atoms with Crippen LogP contribution in [0.25, 0.3) is 0 Å². The Morgan fingerprint density at radius 1 is 1.16 bits per heavy atom. The summed E-state index contributed by atoms with van der Waals surface area (Å²) in [5, 5.41) is 3.09. The highest BCUT2D eigenvalue weighted by Crippen LogP contribution is 2.21. The number of carbonyl (C=O) groups excluding carboxylic acids is 1. The number of hydrogen-bond acceptors (Lipinski definition) is 2. The van der Waals surface area contributed by atoms with Gasteiger partial charge in [0.2, 0.25) is 5.91 Å².